The summed E-state index contributed by atoms with van der Waals surface area (Å²) in [7, 11) is 3.37. The highest BCUT2D eigenvalue weighted by atomic mass is 16.2. The van der Waals surface area contributed by atoms with E-state index in [2.05, 4.69) is 12.2 Å². The Morgan fingerprint density at radius 2 is 2.11 bits per heavy atom. The molecule has 1 unspecified atom stereocenters. The second-order valence-corrected chi connectivity index (χ2v) is 5.19. The van der Waals surface area contributed by atoms with Gasteiger partial charge in [-0.1, -0.05) is 13.3 Å². The van der Waals surface area contributed by atoms with Crippen LogP contribution in [0.2, 0.25) is 0 Å². The predicted molar refractivity (Wildman–Crippen MR) is 71.3 cm³/mol. The van der Waals surface area contributed by atoms with Crippen LogP contribution in [0.15, 0.2) is 0 Å². The summed E-state index contributed by atoms with van der Waals surface area (Å²) in [5.74, 6) is 0.546. The molecule has 0 aromatic rings. The van der Waals surface area contributed by atoms with E-state index in [1.165, 1.54) is 24.2 Å². The second-order valence-electron chi connectivity index (χ2n) is 5.19. The van der Waals surface area contributed by atoms with Gasteiger partial charge in [0.05, 0.1) is 6.54 Å². The fourth-order valence-corrected chi connectivity index (χ4v) is 2.31. The number of rotatable bonds is 4. The summed E-state index contributed by atoms with van der Waals surface area (Å²) in [6, 6.07) is -0.106. The number of urea groups is 1. The van der Waals surface area contributed by atoms with Crippen molar-refractivity contribution in [3.05, 3.63) is 0 Å². The molecular weight excluding hydrogens is 230 g/mol. The lowest BCUT2D eigenvalue weighted by atomic mass is 9.94. The number of piperidine rings is 1. The molecule has 104 valence electrons. The number of carbonyl (C=O) groups is 2. The van der Waals surface area contributed by atoms with Gasteiger partial charge in [0.2, 0.25) is 5.91 Å². The molecule has 0 aromatic heterocycles. The molecule has 1 N–H and O–H groups in total. The Morgan fingerprint density at radius 3 is 2.72 bits per heavy atom. The summed E-state index contributed by atoms with van der Waals surface area (Å²) in [4.78, 5) is 26.6. The van der Waals surface area contributed by atoms with E-state index in [-0.39, 0.29) is 18.5 Å². The molecule has 0 aromatic carbocycles. The number of likely N-dealkylation sites (tertiary alicyclic amines) is 1. The van der Waals surface area contributed by atoms with Gasteiger partial charge in [0, 0.05) is 27.2 Å². The van der Waals surface area contributed by atoms with E-state index in [0.29, 0.717) is 5.92 Å². The largest absolute Gasteiger partial charge is 0.347 e. The maximum atomic E-state index is 11.9. The van der Waals surface area contributed by atoms with Crippen LogP contribution in [-0.4, -0.2) is 55.5 Å². The van der Waals surface area contributed by atoms with E-state index >= 15 is 0 Å². The van der Waals surface area contributed by atoms with Gasteiger partial charge in [-0.15, -0.1) is 0 Å². The number of nitrogens with one attached hydrogen (secondary N) is 1. The molecule has 0 saturated carbocycles. The summed E-state index contributed by atoms with van der Waals surface area (Å²) in [5, 5.41) is 2.69. The van der Waals surface area contributed by atoms with Gasteiger partial charge < -0.3 is 15.1 Å². The van der Waals surface area contributed by atoms with E-state index in [4.69, 9.17) is 0 Å². The van der Waals surface area contributed by atoms with Gasteiger partial charge in [-0.05, 0) is 25.2 Å². The number of nitrogens with zero attached hydrogens (tertiary/aromatic N) is 2. The number of hydrogen-bond donors (Lipinski definition) is 1. The van der Waals surface area contributed by atoms with E-state index in [1.54, 1.807) is 14.1 Å². The van der Waals surface area contributed by atoms with Crippen molar-refractivity contribution in [1.29, 1.82) is 0 Å². The molecular formula is C13H25N3O2. The molecule has 0 bridgehead atoms. The minimum atomic E-state index is -0.106. The smallest absolute Gasteiger partial charge is 0.317 e. The molecule has 0 radical (unpaired) electrons. The first-order valence-electron chi connectivity index (χ1n) is 6.77. The van der Waals surface area contributed by atoms with Gasteiger partial charge in [0.1, 0.15) is 0 Å². The molecule has 5 heteroatoms. The Bertz CT molecular complexity index is 290. The van der Waals surface area contributed by atoms with Crippen LogP contribution in [-0.2, 0) is 4.79 Å². The van der Waals surface area contributed by atoms with Crippen molar-refractivity contribution in [2.24, 2.45) is 5.92 Å². The topological polar surface area (TPSA) is 52.7 Å². The normalized spacial score (nSPS) is 19.5. The molecule has 1 fully saturated rings. The number of hydrogen-bond acceptors (Lipinski definition) is 2. The lowest BCUT2D eigenvalue weighted by Gasteiger charge is -2.32. The molecule has 1 aliphatic rings. The summed E-state index contributed by atoms with van der Waals surface area (Å²) in [5.41, 5.74) is 0. The third kappa shape index (κ3) is 4.55. The molecule has 1 rings (SSSR count). The number of carbonyl (C=O) groups excluding carboxylic acids is 2. The SMILES string of the molecule is CCCC1CCCN(C(=O)NCC(=O)N(C)C)C1. The summed E-state index contributed by atoms with van der Waals surface area (Å²) in [6.07, 6.45) is 4.63. The first kappa shape index (κ1) is 14.8. The highest BCUT2D eigenvalue weighted by Gasteiger charge is 2.23. The Hall–Kier alpha value is -1.26. The van der Waals surface area contributed by atoms with Crippen molar-refractivity contribution in [1.82, 2.24) is 15.1 Å². The standard InChI is InChI=1S/C13H25N3O2/c1-4-6-11-7-5-8-16(10-11)13(18)14-9-12(17)15(2)3/h11H,4-10H2,1-3H3,(H,14,18). The number of likely N-dealkylation sites (N-methyl/N-ethyl adjacent to an activating group) is 1. The second kappa shape index (κ2) is 7.24. The molecule has 1 heterocycles. The molecule has 1 atom stereocenters. The van der Waals surface area contributed by atoms with Crippen LogP contribution >= 0.6 is 0 Å². The number of amides is 3. The van der Waals surface area contributed by atoms with Crippen molar-refractivity contribution >= 4 is 11.9 Å². The molecule has 0 aliphatic carbocycles. The van der Waals surface area contributed by atoms with Crippen LogP contribution in [0, 0.1) is 5.92 Å². The van der Waals surface area contributed by atoms with Gasteiger partial charge >= 0.3 is 6.03 Å². The van der Waals surface area contributed by atoms with Crippen LogP contribution in [0.5, 0.6) is 0 Å². The third-order valence-electron chi connectivity index (χ3n) is 3.39. The van der Waals surface area contributed by atoms with Crippen molar-refractivity contribution < 1.29 is 9.59 Å². The third-order valence-corrected chi connectivity index (χ3v) is 3.39. The zero-order chi connectivity index (χ0) is 13.5. The van der Waals surface area contributed by atoms with Gasteiger partial charge in [-0.25, -0.2) is 4.79 Å². The van der Waals surface area contributed by atoms with Crippen LogP contribution in [0.25, 0.3) is 0 Å². The highest BCUT2D eigenvalue weighted by Crippen LogP contribution is 2.20. The Morgan fingerprint density at radius 1 is 1.39 bits per heavy atom. The minimum Gasteiger partial charge on any atom is -0.347 e. The highest BCUT2D eigenvalue weighted by molar-refractivity contribution is 5.83. The molecule has 1 saturated heterocycles. The van der Waals surface area contributed by atoms with Crippen molar-refractivity contribution in [2.75, 3.05) is 33.7 Å². The molecule has 1 aliphatic heterocycles. The predicted octanol–water partition coefficient (Wildman–Crippen LogP) is 1.30. The van der Waals surface area contributed by atoms with Crippen molar-refractivity contribution in [2.45, 2.75) is 32.6 Å². The average Bonchev–Trinajstić information content (AvgIpc) is 2.36. The van der Waals surface area contributed by atoms with E-state index in [0.717, 1.165) is 19.5 Å². The van der Waals surface area contributed by atoms with E-state index in [1.807, 2.05) is 4.90 Å². The minimum absolute atomic E-state index is 0.0783. The van der Waals surface area contributed by atoms with Gasteiger partial charge in [0.25, 0.3) is 0 Å². The summed E-state index contributed by atoms with van der Waals surface area (Å²) >= 11 is 0. The van der Waals surface area contributed by atoms with Crippen LogP contribution in [0.4, 0.5) is 4.79 Å². The Labute approximate surface area is 110 Å². The van der Waals surface area contributed by atoms with Gasteiger partial charge in [0.15, 0.2) is 0 Å². The molecule has 18 heavy (non-hydrogen) atoms. The lowest BCUT2D eigenvalue weighted by Crippen LogP contribution is -2.47. The average molecular weight is 255 g/mol. The van der Waals surface area contributed by atoms with Gasteiger partial charge in [-0.3, -0.25) is 4.79 Å². The lowest BCUT2D eigenvalue weighted by molar-refractivity contribution is -0.127. The molecule has 3 amide bonds. The quantitative estimate of drug-likeness (QED) is 0.823. The van der Waals surface area contributed by atoms with Gasteiger partial charge in [-0.2, -0.15) is 0 Å². The first-order valence-corrected chi connectivity index (χ1v) is 6.77. The first-order chi connectivity index (χ1) is 8.54. The maximum absolute atomic E-state index is 11.9. The Kier molecular flexibility index (Phi) is 5.95. The van der Waals surface area contributed by atoms with Crippen molar-refractivity contribution in [3.8, 4) is 0 Å². The zero-order valence-corrected chi connectivity index (χ0v) is 11.7. The molecule has 0 spiro atoms. The van der Waals surface area contributed by atoms with Crippen LogP contribution in [0.3, 0.4) is 0 Å². The summed E-state index contributed by atoms with van der Waals surface area (Å²) in [6.45, 7) is 3.90. The van der Waals surface area contributed by atoms with E-state index < -0.39 is 0 Å². The monoisotopic (exact) mass is 255 g/mol. The summed E-state index contributed by atoms with van der Waals surface area (Å²) < 4.78 is 0. The van der Waals surface area contributed by atoms with Crippen LogP contribution in [0.1, 0.15) is 32.6 Å². The fourth-order valence-electron chi connectivity index (χ4n) is 2.31. The van der Waals surface area contributed by atoms with Crippen molar-refractivity contribution in [3.63, 3.8) is 0 Å². The fraction of sp³-hybridized carbons (Fsp3) is 0.846. The zero-order valence-electron chi connectivity index (χ0n) is 11.7. The Balaban J connectivity index is 2.34. The molecule has 5 nitrogen and oxygen atoms in total. The van der Waals surface area contributed by atoms with E-state index in [9.17, 15) is 9.59 Å². The van der Waals surface area contributed by atoms with Crippen LogP contribution < -0.4 is 5.32 Å². The maximum Gasteiger partial charge on any atom is 0.317 e.